The number of carbonyl (C=O) groups is 2. The molecule has 0 aliphatic carbocycles. The molecule has 0 unspecified atom stereocenters. The Morgan fingerprint density at radius 1 is 1.25 bits per heavy atom. The minimum Gasteiger partial charge on any atom is -0.465 e. The number of esters is 2. The molecule has 2 N–H and O–H groups in total. The number of nitrogen functional groups attached to an aromatic ring is 1. The van der Waals surface area contributed by atoms with Crippen molar-refractivity contribution in [2.75, 3.05) is 24.7 Å². The van der Waals surface area contributed by atoms with Gasteiger partial charge in [0.2, 0.25) is 0 Å². The van der Waals surface area contributed by atoms with Crippen LogP contribution in [0.3, 0.4) is 0 Å². The maximum Gasteiger partial charge on any atom is 0.339 e. The van der Waals surface area contributed by atoms with Crippen LogP contribution >= 0.6 is 23.4 Å². The molecule has 20 heavy (non-hydrogen) atoms. The molecule has 0 aromatic heterocycles. The highest BCUT2D eigenvalue weighted by Gasteiger charge is 2.18. The van der Waals surface area contributed by atoms with Crippen LogP contribution in [0.5, 0.6) is 0 Å². The second-order valence-electron chi connectivity index (χ2n) is 3.69. The van der Waals surface area contributed by atoms with E-state index in [0.29, 0.717) is 22.2 Å². The molecule has 110 valence electrons. The summed E-state index contributed by atoms with van der Waals surface area (Å²) in [5, 5.41) is 0.308. The van der Waals surface area contributed by atoms with Crippen molar-refractivity contribution in [1.29, 1.82) is 0 Å². The summed E-state index contributed by atoms with van der Waals surface area (Å²) in [6.07, 6.45) is 0. The number of halogens is 1. The van der Waals surface area contributed by atoms with Gasteiger partial charge in [-0.3, -0.25) is 4.79 Å². The van der Waals surface area contributed by atoms with E-state index in [4.69, 9.17) is 26.8 Å². The number of benzene rings is 1. The van der Waals surface area contributed by atoms with E-state index in [0.717, 1.165) is 11.8 Å². The van der Waals surface area contributed by atoms with Crippen LogP contribution in [-0.2, 0) is 14.3 Å². The Morgan fingerprint density at radius 3 is 2.50 bits per heavy atom. The molecule has 0 fully saturated rings. The van der Waals surface area contributed by atoms with E-state index in [2.05, 4.69) is 0 Å². The molecule has 1 aromatic carbocycles. The molecular formula is C13H16ClNO4S. The van der Waals surface area contributed by atoms with Gasteiger partial charge >= 0.3 is 11.9 Å². The van der Waals surface area contributed by atoms with Gasteiger partial charge in [0, 0.05) is 10.6 Å². The third-order valence-corrected chi connectivity index (χ3v) is 3.72. The molecule has 0 heterocycles. The summed E-state index contributed by atoms with van der Waals surface area (Å²) in [6, 6.07) is 3.01. The van der Waals surface area contributed by atoms with E-state index in [1.165, 1.54) is 12.1 Å². The van der Waals surface area contributed by atoms with E-state index < -0.39 is 5.97 Å². The Bertz CT molecular complexity index is 507. The topological polar surface area (TPSA) is 78.6 Å². The summed E-state index contributed by atoms with van der Waals surface area (Å²) < 4.78 is 9.78. The van der Waals surface area contributed by atoms with Gasteiger partial charge in [0.1, 0.15) is 0 Å². The van der Waals surface area contributed by atoms with Gasteiger partial charge in [0.15, 0.2) is 0 Å². The van der Waals surface area contributed by atoms with Crippen molar-refractivity contribution in [1.82, 2.24) is 0 Å². The summed E-state index contributed by atoms with van der Waals surface area (Å²) >= 11 is 7.20. The first-order valence-electron chi connectivity index (χ1n) is 6.04. The zero-order valence-electron chi connectivity index (χ0n) is 11.3. The van der Waals surface area contributed by atoms with Gasteiger partial charge < -0.3 is 15.2 Å². The maximum absolute atomic E-state index is 11.9. The number of thioether (sulfide) groups is 1. The van der Waals surface area contributed by atoms with Crippen molar-refractivity contribution in [3.05, 3.63) is 22.7 Å². The summed E-state index contributed by atoms with van der Waals surface area (Å²) in [4.78, 5) is 23.7. The first-order chi connectivity index (χ1) is 9.49. The lowest BCUT2D eigenvalue weighted by atomic mass is 10.2. The van der Waals surface area contributed by atoms with E-state index in [-0.39, 0.29) is 23.9 Å². The molecule has 0 aliphatic rings. The fraction of sp³-hybridized carbons (Fsp3) is 0.385. The molecule has 5 nitrogen and oxygen atoms in total. The highest BCUT2D eigenvalue weighted by molar-refractivity contribution is 8.00. The third-order valence-electron chi connectivity index (χ3n) is 2.20. The van der Waals surface area contributed by atoms with Crippen molar-refractivity contribution in [3.63, 3.8) is 0 Å². The Hall–Kier alpha value is -1.40. The largest absolute Gasteiger partial charge is 0.465 e. The monoisotopic (exact) mass is 317 g/mol. The number of carbonyl (C=O) groups excluding carboxylic acids is 2. The molecule has 0 radical (unpaired) electrons. The van der Waals surface area contributed by atoms with Crippen molar-refractivity contribution in [2.45, 2.75) is 18.7 Å². The normalized spacial score (nSPS) is 10.2. The van der Waals surface area contributed by atoms with Crippen LogP contribution < -0.4 is 5.73 Å². The molecule has 1 aromatic rings. The second-order valence-corrected chi connectivity index (χ2v) is 5.09. The van der Waals surface area contributed by atoms with Crippen LogP contribution in [0.2, 0.25) is 5.02 Å². The molecule has 0 amide bonds. The van der Waals surface area contributed by atoms with Gasteiger partial charge in [-0.25, -0.2) is 4.79 Å². The molecule has 7 heteroatoms. The predicted octanol–water partition coefficient (Wildman–Crippen LogP) is 2.75. The van der Waals surface area contributed by atoms with Crippen LogP contribution in [-0.4, -0.2) is 30.9 Å². The second kappa shape index (κ2) is 8.01. The Balaban J connectivity index is 2.98. The average Bonchev–Trinajstić information content (AvgIpc) is 2.37. The molecule has 0 aliphatic heterocycles. The van der Waals surface area contributed by atoms with Gasteiger partial charge in [0.25, 0.3) is 0 Å². The summed E-state index contributed by atoms with van der Waals surface area (Å²) in [7, 11) is 0. The van der Waals surface area contributed by atoms with E-state index in [1.54, 1.807) is 13.8 Å². The number of nitrogens with two attached hydrogens (primary N) is 1. The van der Waals surface area contributed by atoms with Crippen molar-refractivity contribution >= 4 is 41.0 Å². The number of hydrogen-bond donors (Lipinski definition) is 1. The quantitative estimate of drug-likeness (QED) is 0.494. The standard InChI is InChI=1S/C13H16ClNO4S/c1-3-18-11(16)7-20-12-9(13(17)19-4-2)5-8(15)6-10(12)14/h5-6H,3-4,7,15H2,1-2H3. The first kappa shape index (κ1) is 16.7. The average molecular weight is 318 g/mol. The highest BCUT2D eigenvalue weighted by Crippen LogP contribution is 2.33. The van der Waals surface area contributed by atoms with Gasteiger partial charge in [0.05, 0.1) is 29.6 Å². The molecular weight excluding hydrogens is 302 g/mol. The Labute approximate surface area is 126 Å². The summed E-state index contributed by atoms with van der Waals surface area (Å²) in [5.41, 5.74) is 6.29. The lowest BCUT2D eigenvalue weighted by molar-refractivity contribution is -0.139. The van der Waals surface area contributed by atoms with Crippen LogP contribution in [0.25, 0.3) is 0 Å². The number of rotatable bonds is 6. The molecule has 0 spiro atoms. The van der Waals surface area contributed by atoms with Crippen LogP contribution in [0.15, 0.2) is 17.0 Å². The van der Waals surface area contributed by atoms with Crippen molar-refractivity contribution < 1.29 is 19.1 Å². The van der Waals surface area contributed by atoms with Crippen LogP contribution in [0.1, 0.15) is 24.2 Å². The zero-order valence-corrected chi connectivity index (χ0v) is 12.8. The molecule has 0 saturated carbocycles. The summed E-state index contributed by atoms with van der Waals surface area (Å²) in [5.74, 6) is -0.836. The fourth-order valence-electron chi connectivity index (χ4n) is 1.46. The summed E-state index contributed by atoms with van der Waals surface area (Å²) in [6.45, 7) is 3.98. The van der Waals surface area contributed by atoms with Crippen LogP contribution in [0.4, 0.5) is 5.69 Å². The Kier molecular flexibility index (Phi) is 6.67. The third kappa shape index (κ3) is 4.61. The smallest absolute Gasteiger partial charge is 0.339 e. The molecule has 0 saturated heterocycles. The molecule has 0 atom stereocenters. The lowest BCUT2D eigenvalue weighted by Crippen LogP contribution is -2.10. The van der Waals surface area contributed by atoms with E-state index in [1.807, 2.05) is 0 Å². The highest BCUT2D eigenvalue weighted by atomic mass is 35.5. The fourth-order valence-corrected chi connectivity index (χ4v) is 2.69. The van der Waals surface area contributed by atoms with Gasteiger partial charge in [-0.1, -0.05) is 11.6 Å². The van der Waals surface area contributed by atoms with Crippen molar-refractivity contribution in [3.8, 4) is 0 Å². The van der Waals surface area contributed by atoms with Crippen molar-refractivity contribution in [2.24, 2.45) is 0 Å². The predicted molar refractivity (Wildman–Crippen MR) is 79.2 cm³/mol. The van der Waals surface area contributed by atoms with Crippen LogP contribution in [0, 0.1) is 0 Å². The minimum absolute atomic E-state index is 0.0594. The molecule has 0 bridgehead atoms. The Morgan fingerprint density at radius 2 is 1.90 bits per heavy atom. The molecule has 1 rings (SSSR count). The zero-order chi connectivity index (χ0) is 15.1. The van der Waals surface area contributed by atoms with Gasteiger partial charge in [-0.15, -0.1) is 11.8 Å². The van der Waals surface area contributed by atoms with E-state index in [9.17, 15) is 9.59 Å². The SMILES string of the molecule is CCOC(=O)CSc1c(Cl)cc(N)cc1C(=O)OCC. The number of anilines is 1. The maximum atomic E-state index is 11.9. The van der Waals surface area contributed by atoms with Gasteiger partial charge in [-0.2, -0.15) is 0 Å². The number of ether oxygens (including phenoxy) is 2. The lowest BCUT2D eigenvalue weighted by Gasteiger charge is -2.11. The van der Waals surface area contributed by atoms with E-state index >= 15 is 0 Å². The van der Waals surface area contributed by atoms with Gasteiger partial charge in [-0.05, 0) is 26.0 Å². The minimum atomic E-state index is -0.520. The number of hydrogen-bond acceptors (Lipinski definition) is 6. The first-order valence-corrected chi connectivity index (χ1v) is 7.40.